The summed E-state index contributed by atoms with van der Waals surface area (Å²) in [5, 5.41) is 17.4. The van der Waals surface area contributed by atoms with E-state index in [2.05, 4.69) is 10.2 Å². The first-order valence-corrected chi connectivity index (χ1v) is 11.0. The molecule has 0 bridgehead atoms. The van der Waals surface area contributed by atoms with E-state index in [9.17, 15) is 23.1 Å². The minimum Gasteiger partial charge on any atom is -0.388 e. The minimum atomic E-state index is -4.14. The van der Waals surface area contributed by atoms with Crippen LogP contribution < -0.4 is 0 Å². The van der Waals surface area contributed by atoms with Crippen molar-refractivity contribution in [3.63, 3.8) is 0 Å². The third kappa shape index (κ3) is 3.95. The highest BCUT2D eigenvalue weighted by atomic mass is 19.4. The zero-order valence-electron chi connectivity index (χ0n) is 17.3. The number of carbonyl (C=O) groups excluding carboxylic acids is 1. The molecule has 2 aliphatic heterocycles. The number of aliphatic hydroxyl groups is 1. The summed E-state index contributed by atoms with van der Waals surface area (Å²) in [4.78, 5) is 16.8. The number of hydrogen-bond acceptors (Lipinski definition) is 5. The van der Waals surface area contributed by atoms with Crippen LogP contribution in [0.2, 0.25) is 0 Å². The predicted octanol–water partition coefficient (Wildman–Crippen LogP) is 2.31. The van der Waals surface area contributed by atoms with Gasteiger partial charge in [-0.25, -0.2) is 0 Å². The molecular formula is C20H30F3N5O2. The molecule has 4 unspecified atom stereocenters. The number of alkyl halides is 3. The van der Waals surface area contributed by atoms with Crippen LogP contribution in [0.1, 0.15) is 55.5 Å². The molecule has 3 fully saturated rings. The molecule has 1 amide bonds. The lowest BCUT2D eigenvalue weighted by molar-refractivity contribution is -0.198. The standard InChI is InChI=1S/C20H30F3N5O2/c1-2-7-28-17(12-29)24-25-18(28)19(30)27-10-13-8-26(9-14(13)11-27)16-6-4-3-5-15(16)20(21,22)23/h13-16,29H,2-12H2,1H3. The molecule has 10 heteroatoms. The topological polar surface area (TPSA) is 74.5 Å². The fourth-order valence-electron chi connectivity index (χ4n) is 5.61. The second-order valence-corrected chi connectivity index (χ2v) is 8.93. The molecule has 1 N–H and O–H groups in total. The quantitative estimate of drug-likeness (QED) is 0.778. The first-order chi connectivity index (χ1) is 14.3. The molecule has 0 aromatic carbocycles. The van der Waals surface area contributed by atoms with Crippen LogP contribution in [0.25, 0.3) is 0 Å². The normalized spacial score (nSPS) is 30.1. The van der Waals surface area contributed by atoms with E-state index in [0.717, 1.165) is 12.8 Å². The van der Waals surface area contributed by atoms with E-state index >= 15 is 0 Å². The molecule has 30 heavy (non-hydrogen) atoms. The summed E-state index contributed by atoms with van der Waals surface area (Å²) in [5.41, 5.74) is 0. The molecule has 1 aromatic heterocycles. The van der Waals surface area contributed by atoms with Gasteiger partial charge < -0.3 is 14.6 Å². The van der Waals surface area contributed by atoms with E-state index in [0.29, 0.717) is 51.4 Å². The van der Waals surface area contributed by atoms with E-state index in [4.69, 9.17) is 0 Å². The molecule has 4 rings (SSSR count). The van der Waals surface area contributed by atoms with Crippen LogP contribution in [0.5, 0.6) is 0 Å². The van der Waals surface area contributed by atoms with Crippen molar-refractivity contribution >= 4 is 5.91 Å². The third-order valence-corrected chi connectivity index (χ3v) is 7.03. The van der Waals surface area contributed by atoms with Crippen molar-refractivity contribution in [3.8, 4) is 0 Å². The zero-order chi connectivity index (χ0) is 21.5. The zero-order valence-corrected chi connectivity index (χ0v) is 17.3. The summed E-state index contributed by atoms with van der Waals surface area (Å²) in [6.45, 7) is 4.57. The maximum atomic E-state index is 13.5. The Kier molecular flexibility index (Phi) is 6.07. The second kappa shape index (κ2) is 8.45. The third-order valence-electron chi connectivity index (χ3n) is 7.03. The molecule has 4 atom stereocenters. The first kappa shape index (κ1) is 21.5. The number of nitrogens with zero attached hydrogens (tertiary/aromatic N) is 5. The molecule has 3 aliphatic rings. The van der Waals surface area contributed by atoms with Gasteiger partial charge in [0.2, 0.25) is 5.82 Å². The number of likely N-dealkylation sites (tertiary alicyclic amines) is 2. The molecule has 0 radical (unpaired) electrons. The fourth-order valence-corrected chi connectivity index (χ4v) is 5.61. The van der Waals surface area contributed by atoms with Crippen molar-refractivity contribution in [2.24, 2.45) is 17.8 Å². The van der Waals surface area contributed by atoms with E-state index < -0.39 is 18.1 Å². The van der Waals surface area contributed by atoms with E-state index in [-0.39, 0.29) is 36.6 Å². The maximum absolute atomic E-state index is 13.5. The highest BCUT2D eigenvalue weighted by Gasteiger charge is 2.51. The van der Waals surface area contributed by atoms with Gasteiger partial charge in [0.05, 0.1) is 5.92 Å². The fraction of sp³-hybridized carbons (Fsp3) is 0.850. The molecule has 1 aliphatic carbocycles. The van der Waals surface area contributed by atoms with Gasteiger partial charge in [-0.3, -0.25) is 9.69 Å². The van der Waals surface area contributed by atoms with Crippen LogP contribution in [0, 0.1) is 17.8 Å². The lowest BCUT2D eigenvalue weighted by atomic mass is 9.83. The first-order valence-electron chi connectivity index (χ1n) is 11.0. The van der Waals surface area contributed by atoms with Gasteiger partial charge in [-0.2, -0.15) is 13.2 Å². The summed E-state index contributed by atoms with van der Waals surface area (Å²) in [6.07, 6.45) is -1.01. The van der Waals surface area contributed by atoms with Gasteiger partial charge in [0.15, 0.2) is 5.82 Å². The smallest absolute Gasteiger partial charge is 0.388 e. The van der Waals surface area contributed by atoms with E-state index in [1.54, 1.807) is 9.47 Å². The van der Waals surface area contributed by atoms with Crippen molar-refractivity contribution < 1.29 is 23.1 Å². The van der Waals surface area contributed by atoms with Crippen LogP contribution in [-0.2, 0) is 13.2 Å². The summed E-state index contributed by atoms with van der Waals surface area (Å²) in [7, 11) is 0. The van der Waals surface area contributed by atoms with Crippen LogP contribution in [0.4, 0.5) is 13.2 Å². The van der Waals surface area contributed by atoms with Crippen LogP contribution >= 0.6 is 0 Å². The van der Waals surface area contributed by atoms with Gasteiger partial charge in [-0.1, -0.05) is 19.8 Å². The SMILES string of the molecule is CCCn1c(CO)nnc1C(=O)N1CC2CN(C3CCCCC3C(F)(F)F)CC2C1. The number of hydrogen-bond donors (Lipinski definition) is 1. The van der Waals surface area contributed by atoms with Crippen LogP contribution in [0.15, 0.2) is 0 Å². The van der Waals surface area contributed by atoms with Gasteiger partial charge in [-0.05, 0) is 31.1 Å². The molecule has 0 spiro atoms. The predicted molar refractivity (Wildman–Crippen MR) is 102 cm³/mol. The number of aliphatic hydroxyl groups excluding tert-OH is 1. The van der Waals surface area contributed by atoms with Crippen molar-refractivity contribution in [1.29, 1.82) is 0 Å². The Bertz CT molecular complexity index is 754. The van der Waals surface area contributed by atoms with Gasteiger partial charge in [0, 0.05) is 38.8 Å². The summed E-state index contributed by atoms with van der Waals surface area (Å²) < 4.78 is 42.2. The molecule has 168 valence electrons. The van der Waals surface area contributed by atoms with Crippen molar-refractivity contribution in [1.82, 2.24) is 24.6 Å². The number of carbonyl (C=O) groups is 1. The lowest BCUT2D eigenvalue weighted by Crippen LogP contribution is -2.48. The Balaban J connectivity index is 1.41. The van der Waals surface area contributed by atoms with Crippen LogP contribution in [0.3, 0.4) is 0 Å². The second-order valence-electron chi connectivity index (χ2n) is 8.93. The highest BCUT2D eigenvalue weighted by molar-refractivity contribution is 5.91. The molecular weight excluding hydrogens is 399 g/mol. The maximum Gasteiger partial charge on any atom is 0.393 e. The molecule has 7 nitrogen and oxygen atoms in total. The molecule has 3 heterocycles. The van der Waals surface area contributed by atoms with Crippen molar-refractivity contribution in [2.75, 3.05) is 26.2 Å². The van der Waals surface area contributed by atoms with Crippen LogP contribution in [-0.4, -0.2) is 74.0 Å². The Morgan fingerprint density at radius 1 is 1.10 bits per heavy atom. The Morgan fingerprint density at radius 3 is 2.37 bits per heavy atom. The van der Waals surface area contributed by atoms with Gasteiger partial charge >= 0.3 is 6.18 Å². The summed E-state index contributed by atoms with van der Waals surface area (Å²) in [5.74, 6) is -0.424. The Hall–Kier alpha value is -1.68. The van der Waals surface area contributed by atoms with Gasteiger partial charge in [0.25, 0.3) is 5.91 Å². The number of rotatable bonds is 5. The summed E-state index contributed by atoms with van der Waals surface area (Å²) in [6, 6.07) is -0.423. The summed E-state index contributed by atoms with van der Waals surface area (Å²) >= 11 is 0. The van der Waals surface area contributed by atoms with Gasteiger partial charge in [0.1, 0.15) is 6.61 Å². The number of halogens is 3. The lowest BCUT2D eigenvalue weighted by Gasteiger charge is -2.39. The Labute approximate surface area is 174 Å². The monoisotopic (exact) mass is 429 g/mol. The molecule has 1 saturated carbocycles. The average Bonchev–Trinajstić information content (AvgIpc) is 3.40. The van der Waals surface area contributed by atoms with Crippen molar-refractivity contribution in [3.05, 3.63) is 11.6 Å². The number of amides is 1. The highest BCUT2D eigenvalue weighted by Crippen LogP contribution is 2.43. The van der Waals surface area contributed by atoms with Crippen molar-refractivity contribution in [2.45, 2.75) is 64.4 Å². The van der Waals surface area contributed by atoms with E-state index in [1.807, 2.05) is 11.8 Å². The largest absolute Gasteiger partial charge is 0.393 e. The molecule has 1 aromatic rings. The van der Waals surface area contributed by atoms with E-state index in [1.165, 1.54) is 0 Å². The minimum absolute atomic E-state index is 0.199. The van der Waals surface area contributed by atoms with Gasteiger partial charge in [-0.15, -0.1) is 10.2 Å². The Morgan fingerprint density at radius 2 is 1.77 bits per heavy atom. The average molecular weight is 429 g/mol. The number of fused-ring (bicyclic) bond motifs is 1. The molecule has 2 saturated heterocycles. The number of aromatic nitrogens is 3.